The Balaban J connectivity index is 2.21. The van der Waals surface area contributed by atoms with E-state index in [0.29, 0.717) is 17.5 Å². The molecule has 0 aliphatic carbocycles. The fraction of sp³-hybridized carbons (Fsp3) is 0.273. The molecular weight excluding hydrogens is 236 g/mol. The van der Waals surface area contributed by atoms with Crippen LogP contribution in [0.4, 0.5) is 0 Å². The van der Waals surface area contributed by atoms with Crippen LogP contribution in [0.15, 0.2) is 27.4 Å². The van der Waals surface area contributed by atoms with Crippen molar-refractivity contribution in [2.75, 3.05) is 7.05 Å². The van der Waals surface area contributed by atoms with Gasteiger partial charge in [0, 0.05) is 7.05 Å². The Kier molecular flexibility index (Phi) is 3.17. The largest absolute Gasteiger partial charge is 0.417 e. The van der Waals surface area contributed by atoms with Crippen LogP contribution in [0.2, 0.25) is 0 Å². The normalized spacial score (nSPS) is 12.6. The number of fused-ring (bicyclic) bond motifs is 1. The third-order valence-corrected chi connectivity index (χ3v) is 2.60. The van der Waals surface area contributed by atoms with E-state index in [1.165, 1.54) is 7.05 Å². The molecule has 18 heavy (non-hydrogen) atoms. The predicted octanol–water partition coefficient (Wildman–Crippen LogP) is -0.677. The quantitative estimate of drug-likeness (QED) is 0.379. The molecule has 0 spiro atoms. The van der Waals surface area contributed by atoms with Crippen molar-refractivity contribution in [3.63, 3.8) is 0 Å². The molecule has 1 unspecified atom stereocenters. The SMILES string of the molecule is CN(N)C(=O)C(N)Cc1ccc2oc(=O)[nH]c2c1. The first kappa shape index (κ1) is 12.3. The van der Waals surface area contributed by atoms with Gasteiger partial charge in [0.15, 0.2) is 5.58 Å². The van der Waals surface area contributed by atoms with Gasteiger partial charge in [0.05, 0.1) is 11.6 Å². The number of nitrogens with two attached hydrogens (primary N) is 2. The fourth-order valence-electron chi connectivity index (χ4n) is 1.73. The van der Waals surface area contributed by atoms with Crippen LogP contribution in [0.3, 0.4) is 0 Å². The van der Waals surface area contributed by atoms with Crippen LogP contribution in [0, 0.1) is 0 Å². The minimum atomic E-state index is -0.712. The number of likely N-dealkylation sites (N-methyl/N-ethyl adjacent to an activating group) is 1. The molecule has 0 saturated carbocycles. The number of carbonyl (C=O) groups excluding carboxylic acids is 1. The molecule has 5 N–H and O–H groups in total. The number of aromatic amines is 1. The number of carbonyl (C=O) groups is 1. The zero-order valence-corrected chi connectivity index (χ0v) is 9.84. The molecule has 0 aliphatic heterocycles. The van der Waals surface area contributed by atoms with Gasteiger partial charge in [0.25, 0.3) is 5.91 Å². The molecular formula is C11H14N4O3. The summed E-state index contributed by atoms with van der Waals surface area (Å²) in [5.74, 6) is 4.46. The molecule has 0 bridgehead atoms. The lowest BCUT2D eigenvalue weighted by molar-refractivity contribution is -0.131. The third kappa shape index (κ3) is 2.41. The van der Waals surface area contributed by atoms with E-state index < -0.39 is 11.8 Å². The lowest BCUT2D eigenvalue weighted by atomic mass is 10.1. The monoisotopic (exact) mass is 250 g/mol. The molecule has 1 atom stereocenters. The Morgan fingerprint density at radius 1 is 1.56 bits per heavy atom. The lowest BCUT2D eigenvalue weighted by Crippen LogP contribution is -2.46. The second kappa shape index (κ2) is 4.63. The number of aromatic nitrogens is 1. The van der Waals surface area contributed by atoms with Crippen molar-refractivity contribution in [2.45, 2.75) is 12.5 Å². The van der Waals surface area contributed by atoms with E-state index in [0.717, 1.165) is 10.6 Å². The van der Waals surface area contributed by atoms with E-state index in [1.54, 1.807) is 18.2 Å². The van der Waals surface area contributed by atoms with E-state index in [2.05, 4.69) is 4.98 Å². The van der Waals surface area contributed by atoms with Crippen LogP contribution in [-0.4, -0.2) is 29.0 Å². The summed E-state index contributed by atoms with van der Waals surface area (Å²) in [7, 11) is 1.44. The molecule has 0 fully saturated rings. The topological polar surface area (TPSA) is 118 Å². The number of nitrogens with zero attached hydrogens (tertiary/aromatic N) is 1. The second-order valence-electron chi connectivity index (χ2n) is 4.10. The van der Waals surface area contributed by atoms with Crippen molar-refractivity contribution in [1.29, 1.82) is 0 Å². The fourth-order valence-corrected chi connectivity index (χ4v) is 1.73. The number of oxazole rings is 1. The number of hydrogen-bond acceptors (Lipinski definition) is 5. The maximum absolute atomic E-state index is 11.5. The predicted molar refractivity (Wildman–Crippen MR) is 65.5 cm³/mol. The molecule has 1 amide bonds. The highest BCUT2D eigenvalue weighted by Crippen LogP contribution is 2.13. The van der Waals surface area contributed by atoms with Crippen LogP contribution >= 0.6 is 0 Å². The molecule has 96 valence electrons. The van der Waals surface area contributed by atoms with Gasteiger partial charge in [-0.2, -0.15) is 0 Å². The van der Waals surface area contributed by atoms with Gasteiger partial charge in [-0.1, -0.05) is 6.07 Å². The first-order valence-electron chi connectivity index (χ1n) is 5.37. The number of hydrazine groups is 1. The first-order valence-corrected chi connectivity index (χ1v) is 5.37. The van der Waals surface area contributed by atoms with Crippen molar-refractivity contribution < 1.29 is 9.21 Å². The van der Waals surface area contributed by atoms with E-state index >= 15 is 0 Å². The summed E-state index contributed by atoms with van der Waals surface area (Å²) in [5, 5.41) is 0.961. The minimum Gasteiger partial charge on any atom is -0.408 e. The number of nitrogens with one attached hydrogen (secondary N) is 1. The summed E-state index contributed by atoms with van der Waals surface area (Å²) in [4.78, 5) is 25.1. The summed E-state index contributed by atoms with van der Waals surface area (Å²) >= 11 is 0. The van der Waals surface area contributed by atoms with Crippen LogP contribution < -0.4 is 17.3 Å². The van der Waals surface area contributed by atoms with Gasteiger partial charge in [-0.3, -0.25) is 14.8 Å². The zero-order chi connectivity index (χ0) is 13.3. The van der Waals surface area contributed by atoms with Gasteiger partial charge >= 0.3 is 5.76 Å². The summed E-state index contributed by atoms with van der Waals surface area (Å²) < 4.78 is 4.88. The second-order valence-corrected chi connectivity index (χ2v) is 4.10. The van der Waals surface area contributed by atoms with Gasteiger partial charge in [-0.05, 0) is 24.1 Å². The molecule has 2 aromatic rings. The Hall–Kier alpha value is -2.12. The van der Waals surface area contributed by atoms with Crippen LogP contribution in [0.25, 0.3) is 11.1 Å². The summed E-state index contributed by atoms with van der Waals surface area (Å²) in [5.41, 5.74) is 7.61. The highest BCUT2D eigenvalue weighted by molar-refractivity contribution is 5.81. The lowest BCUT2D eigenvalue weighted by Gasteiger charge is -2.16. The molecule has 2 rings (SSSR count). The van der Waals surface area contributed by atoms with Crippen molar-refractivity contribution in [3.05, 3.63) is 34.3 Å². The molecule has 1 aromatic carbocycles. The van der Waals surface area contributed by atoms with Crippen molar-refractivity contribution in [2.24, 2.45) is 11.6 Å². The number of hydrogen-bond donors (Lipinski definition) is 3. The highest BCUT2D eigenvalue weighted by atomic mass is 16.4. The van der Waals surface area contributed by atoms with E-state index in [-0.39, 0.29) is 5.91 Å². The van der Waals surface area contributed by atoms with Crippen molar-refractivity contribution in [1.82, 2.24) is 9.99 Å². The highest BCUT2D eigenvalue weighted by Gasteiger charge is 2.16. The molecule has 1 heterocycles. The van der Waals surface area contributed by atoms with Crippen LogP contribution in [-0.2, 0) is 11.2 Å². The Labute approximate surface area is 102 Å². The van der Waals surface area contributed by atoms with E-state index in [4.69, 9.17) is 16.0 Å². The zero-order valence-electron chi connectivity index (χ0n) is 9.84. The molecule has 7 heteroatoms. The van der Waals surface area contributed by atoms with Gasteiger partial charge in [0.1, 0.15) is 0 Å². The van der Waals surface area contributed by atoms with Crippen molar-refractivity contribution in [3.8, 4) is 0 Å². The Bertz CT molecular complexity index is 628. The summed E-state index contributed by atoms with van der Waals surface area (Å²) in [6, 6.07) is 4.43. The van der Waals surface area contributed by atoms with Crippen molar-refractivity contribution >= 4 is 17.0 Å². The molecule has 0 radical (unpaired) electrons. The molecule has 7 nitrogen and oxygen atoms in total. The van der Waals surface area contributed by atoms with E-state index in [1.807, 2.05) is 0 Å². The molecule has 0 saturated heterocycles. The Morgan fingerprint density at radius 2 is 2.28 bits per heavy atom. The summed E-state index contributed by atoms with van der Waals surface area (Å²) in [6.45, 7) is 0. The third-order valence-electron chi connectivity index (χ3n) is 2.60. The average Bonchev–Trinajstić information content (AvgIpc) is 2.67. The first-order chi connectivity index (χ1) is 8.47. The number of rotatable bonds is 3. The maximum Gasteiger partial charge on any atom is 0.417 e. The average molecular weight is 250 g/mol. The van der Waals surface area contributed by atoms with Crippen LogP contribution in [0.5, 0.6) is 0 Å². The van der Waals surface area contributed by atoms with Gasteiger partial charge in [-0.15, -0.1) is 0 Å². The van der Waals surface area contributed by atoms with E-state index in [9.17, 15) is 9.59 Å². The smallest absolute Gasteiger partial charge is 0.408 e. The van der Waals surface area contributed by atoms with Gasteiger partial charge < -0.3 is 10.2 Å². The molecule has 1 aromatic heterocycles. The standard InChI is InChI=1S/C11H14N4O3/c1-15(13)10(16)7(12)4-6-2-3-9-8(5-6)14-11(17)18-9/h2-3,5,7H,4,12-13H2,1H3,(H,14,17). The number of amides is 1. The Morgan fingerprint density at radius 3 is 2.94 bits per heavy atom. The van der Waals surface area contributed by atoms with Gasteiger partial charge in [-0.25, -0.2) is 10.6 Å². The van der Waals surface area contributed by atoms with Crippen LogP contribution in [0.1, 0.15) is 5.56 Å². The summed E-state index contributed by atoms with van der Waals surface area (Å²) in [6.07, 6.45) is 0.337. The maximum atomic E-state index is 11.5. The minimum absolute atomic E-state index is 0.337. The number of benzene rings is 1. The van der Waals surface area contributed by atoms with Gasteiger partial charge in [0.2, 0.25) is 0 Å². The molecule has 0 aliphatic rings. The number of H-pyrrole nitrogens is 1.